The molecule has 0 aliphatic heterocycles. The lowest BCUT2D eigenvalue weighted by molar-refractivity contribution is -0.153. The van der Waals surface area contributed by atoms with E-state index in [9.17, 15) is 34.8 Å². The monoisotopic (exact) mass is 548 g/mol. The van der Waals surface area contributed by atoms with Crippen molar-refractivity contribution in [2.45, 2.75) is 37.8 Å². The Kier molecular flexibility index (Phi) is 6.51. The van der Waals surface area contributed by atoms with E-state index in [1.165, 1.54) is 4.90 Å². The highest BCUT2D eigenvalue weighted by Gasteiger charge is 2.64. The number of carbonyl (C=O) groups excluding carboxylic acids is 3. The number of aliphatic hydroxyl groups is 3. The van der Waals surface area contributed by atoms with Gasteiger partial charge >= 0.3 is 0 Å². The summed E-state index contributed by atoms with van der Waals surface area (Å²) in [5.74, 6) is -5.99. The van der Waals surface area contributed by atoms with Crippen LogP contribution >= 0.6 is 0 Å². The number of methoxy groups -OCH3 is 1. The van der Waals surface area contributed by atoms with Gasteiger partial charge in [-0.25, -0.2) is 0 Å². The number of primary amides is 1. The zero-order chi connectivity index (χ0) is 29.3. The molecule has 3 aliphatic carbocycles. The quantitative estimate of drug-likeness (QED) is 0.351. The second-order valence-electron chi connectivity index (χ2n) is 10.8. The summed E-state index contributed by atoms with van der Waals surface area (Å²) in [4.78, 5) is 40.9. The average molecular weight is 549 g/mol. The number of carbonyl (C=O) groups is 3. The van der Waals surface area contributed by atoms with E-state index in [0.29, 0.717) is 28.9 Å². The Bertz CT molecular complexity index is 1520. The van der Waals surface area contributed by atoms with Gasteiger partial charge in [0.05, 0.1) is 18.7 Å². The van der Waals surface area contributed by atoms with Crippen LogP contribution in [0.15, 0.2) is 47.2 Å². The summed E-state index contributed by atoms with van der Waals surface area (Å²) in [6, 6.07) is 7.76. The first-order valence-electron chi connectivity index (χ1n) is 13.0. The topological polar surface area (TPSA) is 171 Å². The minimum Gasteiger partial charge on any atom is -0.508 e. The molecule has 1 saturated carbocycles. The molecule has 0 unspecified atom stereocenters. The van der Waals surface area contributed by atoms with Crippen molar-refractivity contribution in [2.24, 2.45) is 17.6 Å². The first-order valence-corrected chi connectivity index (χ1v) is 13.0. The Morgan fingerprint density at radius 2 is 1.80 bits per heavy atom. The Balaban J connectivity index is 1.73. The number of phenolic OH excluding ortho intramolecular Hbond substituents is 1. The van der Waals surface area contributed by atoms with Crippen LogP contribution in [0.25, 0.3) is 16.9 Å². The summed E-state index contributed by atoms with van der Waals surface area (Å²) >= 11 is 0. The van der Waals surface area contributed by atoms with Crippen LogP contribution in [-0.2, 0) is 27.2 Å². The maximum Gasteiger partial charge on any atom is 0.255 e. The highest BCUT2D eigenvalue weighted by molar-refractivity contribution is 6.24. The number of ketones is 2. The number of hydrogen-bond acceptors (Lipinski definition) is 9. The van der Waals surface area contributed by atoms with Gasteiger partial charge in [0.2, 0.25) is 5.78 Å². The van der Waals surface area contributed by atoms with Gasteiger partial charge in [0.1, 0.15) is 28.6 Å². The van der Waals surface area contributed by atoms with E-state index in [0.717, 1.165) is 5.56 Å². The Morgan fingerprint density at radius 1 is 1.15 bits per heavy atom. The average Bonchev–Trinajstić information content (AvgIpc) is 2.90. The maximum absolute atomic E-state index is 14.0. The minimum absolute atomic E-state index is 0.0515. The lowest BCUT2D eigenvalue weighted by Crippen LogP contribution is -2.65. The Labute approximate surface area is 231 Å². The fraction of sp³-hybridized carbons (Fsp3) is 0.367. The van der Waals surface area contributed by atoms with Crippen molar-refractivity contribution >= 4 is 23.2 Å². The van der Waals surface area contributed by atoms with Crippen molar-refractivity contribution in [3.05, 3.63) is 63.9 Å². The van der Waals surface area contributed by atoms with Crippen LogP contribution in [0.1, 0.15) is 30.0 Å². The number of phenols is 1. The molecule has 0 aromatic heterocycles. The molecule has 0 spiro atoms. The molecule has 10 nitrogen and oxygen atoms in total. The highest BCUT2D eigenvalue weighted by Crippen LogP contribution is 2.54. The molecule has 6 N–H and O–H groups in total. The number of benzene rings is 2. The van der Waals surface area contributed by atoms with Gasteiger partial charge in [-0.15, -0.1) is 0 Å². The van der Waals surface area contributed by atoms with Gasteiger partial charge < -0.3 is 30.9 Å². The van der Waals surface area contributed by atoms with Crippen molar-refractivity contribution in [1.82, 2.24) is 4.90 Å². The Hall–Kier alpha value is -4.15. The standard InChI is InChI=1S/C30H32N2O8/c1-5-13-10-18(14-6-8-16(40-4)9-7-14)24(33)21-17(13)11-15-12-19-23(32(2)3)26(35)22(29(31)38)28(37)30(19,39)27(36)20(15)25(21)34/h6-10,15,19,23,33-34,37,39H,5,11-12H2,1-4H3,(H2,31,38)/t15-,19-,23-,30-/m0/s1. The molecular formula is C30H32N2O8. The number of rotatable bonds is 5. The molecule has 2 aromatic rings. The van der Waals surface area contributed by atoms with Gasteiger partial charge in [-0.1, -0.05) is 19.1 Å². The number of ether oxygens (including phenoxy) is 1. The van der Waals surface area contributed by atoms with Crippen LogP contribution < -0.4 is 10.5 Å². The van der Waals surface area contributed by atoms with E-state index in [1.54, 1.807) is 45.5 Å². The molecule has 0 bridgehead atoms. The van der Waals surface area contributed by atoms with Crippen molar-refractivity contribution in [3.8, 4) is 22.6 Å². The molecular weight excluding hydrogens is 516 g/mol. The smallest absolute Gasteiger partial charge is 0.255 e. The summed E-state index contributed by atoms with van der Waals surface area (Å²) in [7, 11) is 4.69. The van der Waals surface area contributed by atoms with E-state index in [1.807, 2.05) is 13.0 Å². The molecule has 210 valence electrons. The summed E-state index contributed by atoms with van der Waals surface area (Å²) in [6.45, 7) is 1.95. The molecule has 40 heavy (non-hydrogen) atoms. The van der Waals surface area contributed by atoms with Crippen LogP contribution in [0.2, 0.25) is 0 Å². The van der Waals surface area contributed by atoms with E-state index < -0.39 is 58.0 Å². The van der Waals surface area contributed by atoms with Gasteiger partial charge in [0, 0.05) is 17.1 Å². The normalized spacial score (nSPS) is 26.0. The lowest BCUT2D eigenvalue weighted by Gasteiger charge is -2.50. The number of nitrogens with two attached hydrogens (primary N) is 1. The first-order chi connectivity index (χ1) is 18.9. The summed E-state index contributed by atoms with van der Waals surface area (Å²) < 4.78 is 5.22. The number of hydrogen-bond donors (Lipinski definition) is 5. The van der Waals surface area contributed by atoms with Crippen LogP contribution in [0.3, 0.4) is 0 Å². The highest BCUT2D eigenvalue weighted by atomic mass is 16.5. The number of aromatic hydroxyl groups is 1. The van der Waals surface area contributed by atoms with Crippen molar-refractivity contribution < 1.29 is 39.5 Å². The van der Waals surface area contributed by atoms with Crippen LogP contribution in [0, 0.1) is 11.8 Å². The fourth-order valence-corrected chi connectivity index (χ4v) is 6.69. The van der Waals surface area contributed by atoms with Gasteiger partial charge in [-0.05, 0) is 74.2 Å². The molecule has 0 heterocycles. The van der Waals surface area contributed by atoms with Crippen LogP contribution in [0.5, 0.6) is 11.5 Å². The van der Waals surface area contributed by atoms with E-state index >= 15 is 0 Å². The van der Waals surface area contributed by atoms with Gasteiger partial charge in [0.25, 0.3) is 5.91 Å². The molecule has 1 amide bonds. The molecule has 1 fully saturated rings. The van der Waals surface area contributed by atoms with E-state index in [-0.39, 0.29) is 29.7 Å². The van der Waals surface area contributed by atoms with Gasteiger partial charge in [-0.3, -0.25) is 19.3 Å². The minimum atomic E-state index is -2.67. The number of aliphatic hydroxyl groups excluding tert-OH is 2. The summed E-state index contributed by atoms with van der Waals surface area (Å²) in [5, 5.41) is 45.8. The lowest BCUT2D eigenvalue weighted by atomic mass is 9.57. The third-order valence-corrected chi connectivity index (χ3v) is 8.60. The van der Waals surface area contributed by atoms with E-state index in [4.69, 9.17) is 10.5 Å². The second kappa shape index (κ2) is 9.50. The van der Waals surface area contributed by atoms with Crippen molar-refractivity contribution in [2.75, 3.05) is 21.2 Å². The largest absolute Gasteiger partial charge is 0.508 e. The maximum atomic E-state index is 14.0. The number of fused-ring (bicyclic) bond motifs is 3. The number of Topliss-reactive ketones (excluding diaryl/α,β-unsaturated/α-hetero) is 2. The van der Waals surface area contributed by atoms with Crippen molar-refractivity contribution in [1.29, 1.82) is 0 Å². The third-order valence-electron chi connectivity index (χ3n) is 8.60. The van der Waals surface area contributed by atoms with E-state index in [2.05, 4.69) is 0 Å². The van der Waals surface area contributed by atoms with Crippen molar-refractivity contribution in [3.63, 3.8) is 0 Å². The first kappa shape index (κ1) is 27.4. The summed E-state index contributed by atoms with van der Waals surface area (Å²) in [6.07, 6.45) is 0.886. The van der Waals surface area contributed by atoms with Crippen LogP contribution in [-0.4, -0.2) is 75.6 Å². The molecule has 5 rings (SSSR count). The molecule has 0 radical (unpaired) electrons. The van der Waals surface area contributed by atoms with Crippen LogP contribution in [0.4, 0.5) is 0 Å². The molecule has 10 heteroatoms. The number of amides is 1. The fourth-order valence-electron chi connectivity index (χ4n) is 6.69. The SMILES string of the molecule is CCc1cc(-c2ccc(OC)cc2)c(O)c2c1C[C@H]1C[C@H]3[C@H](N(C)C)C(=O)C(C(N)=O)=C(O)[C@@]3(O)C(=O)C1=C2O. The second-order valence-corrected chi connectivity index (χ2v) is 10.8. The molecule has 4 atom stereocenters. The summed E-state index contributed by atoms with van der Waals surface area (Å²) in [5.41, 5.74) is 4.43. The van der Waals surface area contributed by atoms with Gasteiger partial charge in [-0.2, -0.15) is 0 Å². The predicted octanol–water partition coefficient (Wildman–Crippen LogP) is 2.20. The van der Waals surface area contributed by atoms with Gasteiger partial charge in [0.15, 0.2) is 11.4 Å². The zero-order valence-corrected chi connectivity index (χ0v) is 22.7. The third kappa shape index (κ3) is 3.66. The number of likely N-dealkylation sites (N-methyl/N-ethyl adjacent to an activating group) is 1. The number of nitrogens with zero attached hydrogens (tertiary/aromatic N) is 1. The molecule has 2 aromatic carbocycles. The number of aryl methyl sites for hydroxylation is 1. The molecule has 0 saturated heterocycles. The predicted molar refractivity (Wildman–Crippen MR) is 146 cm³/mol. The molecule has 3 aliphatic rings. The Morgan fingerprint density at radius 3 is 2.35 bits per heavy atom. The zero-order valence-electron chi connectivity index (χ0n) is 22.7.